The van der Waals surface area contributed by atoms with Gasteiger partial charge in [0.15, 0.2) is 0 Å². The summed E-state index contributed by atoms with van der Waals surface area (Å²) in [6.07, 6.45) is 3.35. The predicted molar refractivity (Wildman–Crippen MR) is 85.4 cm³/mol. The maximum atomic E-state index is 12.4. The van der Waals surface area contributed by atoms with Crippen molar-refractivity contribution in [3.05, 3.63) is 59.9 Å². The van der Waals surface area contributed by atoms with Crippen molar-refractivity contribution < 1.29 is 9.53 Å². The largest absolute Gasteiger partial charge is 0.370 e. The molecule has 4 nitrogen and oxygen atoms in total. The fraction of sp³-hybridized carbons (Fsp3) is 0.389. The summed E-state index contributed by atoms with van der Waals surface area (Å²) in [5.74, 6) is 0.213. The molecule has 1 amide bonds. The first kappa shape index (κ1) is 14.9. The SMILES string of the molecule is Cn1cccc1CCC(=O)N1CCOC(c2ccccc2)C1. The number of carbonyl (C=O) groups is 1. The van der Waals surface area contributed by atoms with Gasteiger partial charge in [-0.15, -0.1) is 0 Å². The van der Waals surface area contributed by atoms with Crippen LogP contribution < -0.4 is 0 Å². The van der Waals surface area contributed by atoms with Gasteiger partial charge in [0.1, 0.15) is 6.10 Å². The third-order valence-corrected chi connectivity index (χ3v) is 4.24. The van der Waals surface area contributed by atoms with Gasteiger partial charge in [0.2, 0.25) is 5.91 Å². The second kappa shape index (κ2) is 6.79. The van der Waals surface area contributed by atoms with Crippen molar-refractivity contribution in [3.63, 3.8) is 0 Å². The van der Waals surface area contributed by atoms with E-state index in [1.807, 2.05) is 42.4 Å². The first-order chi connectivity index (χ1) is 10.7. The summed E-state index contributed by atoms with van der Waals surface area (Å²) in [4.78, 5) is 14.4. The number of aryl methyl sites for hydroxylation is 2. The summed E-state index contributed by atoms with van der Waals surface area (Å²) < 4.78 is 7.88. The van der Waals surface area contributed by atoms with Crippen molar-refractivity contribution in [2.75, 3.05) is 19.7 Å². The number of hydrogen-bond donors (Lipinski definition) is 0. The van der Waals surface area contributed by atoms with E-state index < -0.39 is 0 Å². The fourth-order valence-corrected chi connectivity index (χ4v) is 2.89. The van der Waals surface area contributed by atoms with Crippen LogP contribution in [0, 0.1) is 0 Å². The highest BCUT2D eigenvalue weighted by atomic mass is 16.5. The molecule has 0 radical (unpaired) electrons. The molecule has 1 aromatic carbocycles. The Kier molecular flexibility index (Phi) is 4.59. The molecule has 0 bridgehead atoms. The Morgan fingerprint density at radius 3 is 2.77 bits per heavy atom. The normalized spacial score (nSPS) is 18.4. The number of aromatic nitrogens is 1. The zero-order valence-corrected chi connectivity index (χ0v) is 12.9. The Bertz CT molecular complexity index is 621. The summed E-state index contributed by atoms with van der Waals surface area (Å²) in [6.45, 7) is 1.95. The maximum Gasteiger partial charge on any atom is 0.223 e. The van der Waals surface area contributed by atoms with Gasteiger partial charge in [-0.3, -0.25) is 4.79 Å². The van der Waals surface area contributed by atoms with Gasteiger partial charge in [0, 0.05) is 31.9 Å². The highest BCUT2D eigenvalue weighted by Crippen LogP contribution is 2.22. The summed E-state index contributed by atoms with van der Waals surface area (Å²) in [5, 5.41) is 0. The highest BCUT2D eigenvalue weighted by Gasteiger charge is 2.25. The summed E-state index contributed by atoms with van der Waals surface area (Å²) >= 11 is 0. The van der Waals surface area contributed by atoms with Crippen LogP contribution in [0.1, 0.15) is 23.8 Å². The van der Waals surface area contributed by atoms with Crippen molar-refractivity contribution in [2.24, 2.45) is 7.05 Å². The molecule has 1 unspecified atom stereocenters. The van der Waals surface area contributed by atoms with E-state index in [2.05, 4.69) is 22.8 Å². The van der Waals surface area contributed by atoms with Crippen LogP contribution >= 0.6 is 0 Å². The van der Waals surface area contributed by atoms with Crippen LogP contribution in [0.5, 0.6) is 0 Å². The molecule has 0 N–H and O–H groups in total. The van der Waals surface area contributed by atoms with Gasteiger partial charge in [-0.2, -0.15) is 0 Å². The van der Waals surface area contributed by atoms with Crippen LogP contribution in [0.2, 0.25) is 0 Å². The van der Waals surface area contributed by atoms with Gasteiger partial charge >= 0.3 is 0 Å². The van der Waals surface area contributed by atoms with E-state index in [-0.39, 0.29) is 12.0 Å². The molecule has 2 aromatic rings. The molecule has 0 saturated carbocycles. The van der Waals surface area contributed by atoms with Gasteiger partial charge in [-0.05, 0) is 24.1 Å². The van der Waals surface area contributed by atoms with Gasteiger partial charge in [-0.25, -0.2) is 0 Å². The average Bonchev–Trinajstić information content (AvgIpc) is 2.99. The number of ether oxygens (including phenoxy) is 1. The lowest BCUT2D eigenvalue weighted by atomic mass is 10.1. The van der Waals surface area contributed by atoms with Crippen molar-refractivity contribution >= 4 is 5.91 Å². The minimum absolute atomic E-state index is 0.00561. The van der Waals surface area contributed by atoms with Crippen LogP contribution in [0.15, 0.2) is 48.7 Å². The number of amides is 1. The standard InChI is InChI=1S/C18H22N2O2/c1-19-11-5-8-16(19)9-10-18(21)20-12-13-22-17(14-20)15-6-3-2-4-7-15/h2-8,11,17H,9-10,12-14H2,1H3. The van der Waals surface area contributed by atoms with Gasteiger partial charge in [0.05, 0.1) is 13.2 Å². The Morgan fingerprint density at radius 2 is 2.05 bits per heavy atom. The molecule has 116 valence electrons. The summed E-state index contributed by atoms with van der Waals surface area (Å²) in [5.41, 5.74) is 2.34. The lowest BCUT2D eigenvalue weighted by Crippen LogP contribution is -2.42. The lowest BCUT2D eigenvalue weighted by molar-refractivity contribution is -0.139. The van der Waals surface area contributed by atoms with E-state index in [9.17, 15) is 4.79 Å². The van der Waals surface area contributed by atoms with Crippen LogP contribution in [-0.4, -0.2) is 35.1 Å². The quantitative estimate of drug-likeness (QED) is 0.869. The van der Waals surface area contributed by atoms with Gasteiger partial charge in [0.25, 0.3) is 0 Å². The molecule has 1 aromatic heterocycles. The topological polar surface area (TPSA) is 34.5 Å². The Hall–Kier alpha value is -2.07. The molecular weight excluding hydrogens is 276 g/mol. The lowest BCUT2D eigenvalue weighted by Gasteiger charge is -2.33. The van der Waals surface area contributed by atoms with Crippen LogP contribution in [0.25, 0.3) is 0 Å². The van der Waals surface area contributed by atoms with Crippen LogP contribution in [0.4, 0.5) is 0 Å². The first-order valence-corrected chi connectivity index (χ1v) is 7.78. The van der Waals surface area contributed by atoms with E-state index in [1.165, 1.54) is 5.69 Å². The predicted octanol–water partition coefficient (Wildman–Crippen LogP) is 2.56. The Balaban J connectivity index is 1.57. The smallest absolute Gasteiger partial charge is 0.223 e. The van der Waals surface area contributed by atoms with Crippen LogP contribution in [0.3, 0.4) is 0 Å². The molecule has 1 aliphatic heterocycles. The minimum atomic E-state index is -0.00561. The number of benzene rings is 1. The Labute approximate surface area is 131 Å². The molecule has 22 heavy (non-hydrogen) atoms. The second-order valence-electron chi connectivity index (χ2n) is 5.72. The zero-order chi connectivity index (χ0) is 15.4. The molecule has 1 saturated heterocycles. The third kappa shape index (κ3) is 3.39. The molecule has 4 heteroatoms. The van der Waals surface area contributed by atoms with E-state index in [0.29, 0.717) is 26.1 Å². The van der Waals surface area contributed by atoms with Crippen molar-refractivity contribution in [2.45, 2.75) is 18.9 Å². The van der Waals surface area contributed by atoms with E-state index in [0.717, 1.165) is 12.0 Å². The first-order valence-electron chi connectivity index (χ1n) is 7.78. The molecular formula is C18H22N2O2. The molecule has 2 heterocycles. The summed E-state index contributed by atoms with van der Waals surface area (Å²) in [6, 6.07) is 14.2. The number of morpholine rings is 1. The zero-order valence-electron chi connectivity index (χ0n) is 12.9. The Morgan fingerprint density at radius 1 is 1.23 bits per heavy atom. The third-order valence-electron chi connectivity index (χ3n) is 4.24. The van der Waals surface area contributed by atoms with Crippen LogP contribution in [-0.2, 0) is 23.0 Å². The summed E-state index contributed by atoms with van der Waals surface area (Å²) in [7, 11) is 2.01. The minimum Gasteiger partial charge on any atom is -0.370 e. The maximum absolute atomic E-state index is 12.4. The molecule has 1 atom stereocenters. The second-order valence-corrected chi connectivity index (χ2v) is 5.72. The van der Waals surface area contributed by atoms with Crippen molar-refractivity contribution in [3.8, 4) is 0 Å². The molecule has 0 spiro atoms. The number of nitrogens with zero attached hydrogens (tertiary/aromatic N) is 2. The highest BCUT2D eigenvalue weighted by molar-refractivity contribution is 5.76. The van der Waals surface area contributed by atoms with Crippen molar-refractivity contribution in [1.29, 1.82) is 0 Å². The van der Waals surface area contributed by atoms with E-state index in [1.54, 1.807) is 0 Å². The monoisotopic (exact) mass is 298 g/mol. The number of carbonyl (C=O) groups excluding carboxylic acids is 1. The van der Waals surface area contributed by atoms with E-state index in [4.69, 9.17) is 4.74 Å². The fourth-order valence-electron chi connectivity index (χ4n) is 2.89. The molecule has 1 fully saturated rings. The van der Waals surface area contributed by atoms with Gasteiger partial charge < -0.3 is 14.2 Å². The molecule has 1 aliphatic rings. The van der Waals surface area contributed by atoms with Gasteiger partial charge in [-0.1, -0.05) is 30.3 Å². The average molecular weight is 298 g/mol. The van der Waals surface area contributed by atoms with Crippen molar-refractivity contribution in [1.82, 2.24) is 9.47 Å². The number of rotatable bonds is 4. The number of hydrogen-bond acceptors (Lipinski definition) is 2. The molecule has 3 rings (SSSR count). The molecule has 0 aliphatic carbocycles. The van der Waals surface area contributed by atoms with E-state index >= 15 is 0 Å².